The summed E-state index contributed by atoms with van der Waals surface area (Å²) in [5.74, 6) is 0.372. The third-order valence-corrected chi connectivity index (χ3v) is 14.7. The standard InChI is InChI=1S/C41H56O5/c1-27(42)46-33-17-18-39(6)32(36(33,2)3)16-19-41(8)34(39)31(43)25-29-30-26-38(5,21-20-37(30,4)22-23-40(29,41)7)35(44)45-24-12-15-28-13-10-9-11-14-28/h9-15,25,30,32-34H,16-24,26H2,1-8H3/b15-12+/t30-,32-,33-,34+,37+,38-,39-,40+,41+/m0/s1. The predicted octanol–water partition coefficient (Wildman–Crippen LogP) is 9.16. The molecule has 9 atom stereocenters. The smallest absolute Gasteiger partial charge is 0.312 e. The van der Waals surface area contributed by atoms with E-state index in [1.165, 1.54) is 12.5 Å². The second kappa shape index (κ2) is 11.2. The first kappa shape index (κ1) is 33.2. The van der Waals surface area contributed by atoms with Gasteiger partial charge in [-0.25, -0.2) is 0 Å². The molecule has 250 valence electrons. The number of rotatable bonds is 5. The van der Waals surface area contributed by atoms with Gasteiger partial charge in [0, 0.05) is 18.3 Å². The van der Waals surface area contributed by atoms with Crippen LogP contribution in [0.4, 0.5) is 0 Å². The van der Waals surface area contributed by atoms with Crippen LogP contribution in [0.1, 0.15) is 119 Å². The molecule has 5 aliphatic rings. The Morgan fingerprint density at radius 2 is 1.59 bits per heavy atom. The van der Waals surface area contributed by atoms with Crippen molar-refractivity contribution in [3.8, 4) is 0 Å². The first-order valence-electron chi connectivity index (χ1n) is 17.8. The number of ketones is 1. The van der Waals surface area contributed by atoms with Crippen molar-refractivity contribution in [1.82, 2.24) is 0 Å². The topological polar surface area (TPSA) is 69.7 Å². The van der Waals surface area contributed by atoms with Crippen molar-refractivity contribution in [3.05, 3.63) is 53.6 Å². The molecule has 4 fully saturated rings. The van der Waals surface area contributed by atoms with Crippen molar-refractivity contribution in [2.24, 2.45) is 50.2 Å². The molecule has 0 saturated heterocycles. The average molecular weight is 629 g/mol. The minimum absolute atomic E-state index is 0.0641. The summed E-state index contributed by atoms with van der Waals surface area (Å²) < 4.78 is 11.8. The van der Waals surface area contributed by atoms with E-state index in [4.69, 9.17) is 9.47 Å². The van der Waals surface area contributed by atoms with Gasteiger partial charge in [0.15, 0.2) is 5.78 Å². The molecule has 0 bridgehead atoms. The molecule has 0 amide bonds. The monoisotopic (exact) mass is 628 g/mol. The molecule has 5 aliphatic carbocycles. The number of fused-ring (bicyclic) bond motifs is 7. The minimum atomic E-state index is -0.576. The van der Waals surface area contributed by atoms with E-state index >= 15 is 0 Å². The van der Waals surface area contributed by atoms with E-state index < -0.39 is 5.41 Å². The van der Waals surface area contributed by atoms with E-state index in [2.05, 4.69) is 54.5 Å². The van der Waals surface area contributed by atoms with Crippen LogP contribution in [0.15, 0.2) is 48.1 Å². The number of benzene rings is 1. The molecular formula is C41H56O5. The maximum absolute atomic E-state index is 14.7. The number of carbonyl (C=O) groups is 3. The Bertz CT molecular complexity index is 1460. The lowest BCUT2D eigenvalue weighted by Gasteiger charge is -2.70. The molecule has 0 radical (unpaired) electrons. The fraction of sp³-hybridized carbons (Fsp3) is 0.683. The molecule has 4 saturated carbocycles. The van der Waals surface area contributed by atoms with Crippen LogP contribution in [0.2, 0.25) is 0 Å². The van der Waals surface area contributed by atoms with Gasteiger partial charge < -0.3 is 9.47 Å². The number of ether oxygens (including phenoxy) is 2. The van der Waals surface area contributed by atoms with Crippen LogP contribution < -0.4 is 0 Å². The van der Waals surface area contributed by atoms with Crippen molar-refractivity contribution >= 4 is 23.8 Å². The highest BCUT2D eigenvalue weighted by molar-refractivity contribution is 5.95. The quantitative estimate of drug-likeness (QED) is 0.304. The summed E-state index contributed by atoms with van der Waals surface area (Å²) in [7, 11) is 0. The Morgan fingerprint density at radius 3 is 2.28 bits per heavy atom. The van der Waals surface area contributed by atoms with Crippen LogP contribution in [0.5, 0.6) is 0 Å². The summed E-state index contributed by atoms with van der Waals surface area (Å²) in [6.07, 6.45) is 14.3. The van der Waals surface area contributed by atoms with Gasteiger partial charge >= 0.3 is 11.9 Å². The average Bonchev–Trinajstić information content (AvgIpc) is 2.99. The summed E-state index contributed by atoms with van der Waals surface area (Å²) in [5, 5.41) is 0. The van der Waals surface area contributed by atoms with E-state index in [1.54, 1.807) is 0 Å². The highest BCUT2D eigenvalue weighted by atomic mass is 16.5. The zero-order valence-electron chi connectivity index (χ0n) is 29.5. The van der Waals surface area contributed by atoms with Crippen LogP contribution >= 0.6 is 0 Å². The molecule has 1 aromatic carbocycles. The van der Waals surface area contributed by atoms with E-state index in [9.17, 15) is 14.4 Å². The number of hydrogen-bond donors (Lipinski definition) is 0. The zero-order chi connectivity index (χ0) is 33.3. The van der Waals surface area contributed by atoms with Gasteiger partial charge in [0.1, 0.15) is 12.7 Å². The lowest BCUT2D eigenvalue weighted by Crippen LogP contribution is -2.66. The Hall–Kier alpha value is -2.69. The predicted molar refractivity (Wildman–Crippen MR) is 181 cm³/mol. The van der Waals surface area contributed by atoms with E-state index in [-0.39, 0.29) is 69.3 Å². The number of carbonyl (C=O) groups excluding carboxylic acids is 3. The number of hydrogen-bond acceptors (Lipinski definition) is 5. The minimum Gasteiger partial charge on any atom is -0.462 e. The third kappa shape index (κ3) is 4.96. The van der Waals surface area contributed by atoms with Gasteiger partial charge in [0.2, 0.25) is 0 Å². The summed E-state index contributed by atoms with van der Waals surface area (Å²) in [4.78, 5) is 40.4. The lowest BCUT2D eigenvalue weighted by molar-refractivity contribution is -0.210. The van der Waals surface area contributed by atoms with E-state index in [0.29, 0.717) is 5.92 Å². The Kier molecular flexibility index (Phi) is 8.08. The maximum Gasteiger partial charge on any atom is 0.312 e. The summed E-state index contributed by atoms with van der Waals surface area (Å²) in [6.45, 7) is 18.0. The van der Waals surface area contributed by atoms with Crippen LogP contribution in [0.3, 0.4) is 0 Å². The fourth-order valence-corrected chi connectivity index (χ4v) is 11.8. The van der Waals surface area contributed by atoms with Gasteiger partial charge in [0.25, 0.3) is 0 Å². The molecule has 0 aromatic heterocycles. The van der Waals surface area contributed by atoms with E-state index in [1.807, 2.05) is 42.5 Å². The zero-order valence-corrected chi connectivity index (χ0v) is 29.5. The van der Waals surface area contributed by atoms with Gasteiger partial charge in [-0.1, -0.05) is 83.5 Å². The van der Waals surface area contributed by atoms with Gasteiger partial charge in [-0.05, 0) is 116 Å². The highest BCUT2D eigenvalue weighted by Crippen LogP contribution is 2.75. The summed E-state index contributed by atoms with van der Waals surface area (Å²) in [5.41, 5.74) is 1.27. The van der Waals surface area contributed by atoms with E-state index in [0.717, 1.165) is 63.4 Å². The molecule has 6 rings (SSSR count). The molecule has 46 heavy (non-hydrogen) atoms. The highest BCUT2D eigenvalue weighted by Gasteiger charge is 2.70. The summed E-state index contributed by atoms with van der Waals surface area (Å²) in [6, 6.07) is 10.1. The molecule has 0 unspecified atom stereocenters. The Labute approximate surface area is 277 Å². The van der Waals surface area contributed by atoms with Crippen molar-refractivity contribution in [1.29, 1.82) is 0 Å². The first-order chi connectivity index (χ1) is 21.5. The number of esters is 2. The first-order valence-corrected chi connectivity index (χ1v) is 17.8. The SMILES string of the molecule is CC(=O)O[C@H]1CC[C@]2(C)[C@H]3C(=O)C=C4[C@@H]5C[C@@](C)(C(=O)OC/C=C/c6ccccc6)CC[C@]5(C)CC[C@@]4(C)[C@]3(C)CC[C@H]2C1(C)C. The van der Waals surface area contributed by atoms with Crippen molar-refractivity contribution < 1.29 is 23.9 Å². The van der Waals surface area contributed by atoms with Gasteiger partial charge in [0.05, 0.1) is 5.41 Å². The van der Waals surface area contributed by atoms with Crippen LogP contribution in [-0.4, -0.2) is 30.4 Å². The molecule has 0 aliphatic heterocycles. The van der Waals surface area contributed by atoms with Crippen molar-refractivity contribution in [3.63, 3.8) is 0 Å². The molecule has 0 heterocycles. The second-order valence-electron chi connectivity index (χ2n) is 17.6. The molecule has 5 nitrogen and oxygen atoms in total. The molecule has 0 spiro atoms. The van der Waals surface area contributed by atoms with Gasteiger partial charge in [-0.15, -0.1) is 0 Å². The third-order valence-electron chi connectivity index (χ3n) is 14.7. The normalized spacial score (nSPS) is 43.0. The van der Waals surface area contributed by atoms with Crippen LogP contribution in [-0.2, 0) is 23.9 Å². The van der Waals surface area contributed by atoms with Crippen molar-refractivity contribution in [2.75, 3.05) is 6.61 Å². The number of allylic oxidation sites excluding steroid dienone is 2. The molecule has 5 heteroatoms. The van der Waals surface area contributed by atoms with Crippen molar-refractivity contribution in [2.45, 2.75) is 119 Å². The molecule has 1 aromatic rings. The lowest BCUT2D eigenvalue weighted by atomic mass is 9.33. The maximum atomic E-state index is 14.7. The summed E-state index contributed by atoms with van der Waals surface area (Å²) >= 11 is 0. The fourth-order valence-electron chi connectivity index (χ4n) is 11.8. The molecular weight excluding hydrogens is 572 g/mol. The van der Waals surface area contributed by atoms with Gasteiger partial charge in [-0.2, -0.15) is 0 Å². The van der Waals surface area contributed by atoms with Crippen LogP contribution in [0, 0.1) is 50.2 Å². The Morgan fingerprint density at radius 1 is 0.891 bits per heavy atom. The van der Waals surface area contributed by atoms with Gasteiger partial charge in [-0.3, -0.25) is 14.4 Å². The largest absolute Gasteiger partial charge is 0.462 e. The second-order valence-corrected chi connectivity index (χ2v) is 17.6. The van der Waals surface area contributed by atoms with Crippen LogP contribution in [0.25, 0.3) is 6.08 Å². The Balaban J connectivity index is 1.28. The molecule has 0 N–H and O–H groups in total.